The van der Waals surface area contributed by atoms with Crippen molar-refractivity contribution >= 4 is 51.2 Å². The molecule has 3 aromatic carbocycles. The number of anilines is 1. The van der Waals surface area contributed by atoms with Crippen LogP contribution >= 0.6 is 27.5 Å². The number of nitrogens with one attached hydrogen (secondary N) is 2. The van der Waals surface area contributed by atoms with Gasteiger partial charge >= 0.3 is 0 Å². The molecule has 0 bridgehead atoms. The Morgan fingerprint density at radius 1 is 1.00 bits per heavy atom. The molecule has 3 rings (SSSR count). The van der Waals surface area contributed by atoms with Gasteiger partial charge in [0.25, 0.3) is 11.8 Å². The quantitative estimate of drug-likeness (QED) is 0.162. The summed E-state index contributed by atoms with van der Waals surface area (Å²) in [6.45, 7) is 3.67. The Hall–Kier alpha value is -4.02. The highest BCUT2D eigenvalue weighted by molar-refractivity contribution is 9.10. The van der Waals surface area contributed by atoms with Crippen LogP contribution in [0.2, 0.25) is 5.02 Å². The van der Waals surface area contributed by atoms with Crippen LogP contribution in [0.5, 0.6) is 23.0 Å². The lowest BCUT2D eigenvalue weighted by molar-refractivity contribution is -0.118. The number of carbonyl (C=O) groups excluding carboxylic acids is 2. The molecular weight excluding hydrogens is 578 g/mol. The maximum absolute atomic E-state index is 12.5. The van der Waals surface area contributed by atoms with Crippen LogP contribution in [0.15, 0.2) is 76.8 Å². The molecule has 0 fully saturated rings. The monoisotopic (exact) mass is 601 g/mol. The van der Waals surface area contributed by atoms with Crippen molar-refractivity contribution in [1.29, 1.82) is 0 Å². The zero-order valence-electron chi connectivity index (χ0n) is 20.6. The Morgan fingerprint density at radius 3 is 2.42 bits per heavy atom. The number of hydrogen-bond donors (Lipinski definition) is 2. The summed E-state index contributed by atoms with van der Waals surface area (Å²) in [7, 11) is 2.96. The fraction of sp³-hybridized carbons (Fsp3) is 0.148. The van der Waals surface area contributed by atoms with Gasteiger partial charge in [-0.25, -0.2) is 5.43 Å². The molecule has 0 saturated heterocycles. The molecule has 3 aromatic rings. The highest BCUT2D eigenvalue weighted by Crippen LogP contribution is 2.36. The van der Waals surface area contributed by atoms with E-state index in [-0.39, 0.29) is 12.5 Å². The molecule has 0 radical (unpaired) electrons. The number of carbonyl (C=O) groups is 2. The number of ether oxygens (including phenoxy) is 4. The third-order valence-corrected chi connectivity index (χ3v) is 5.73. The minimum absolute atomic E-state index is 0.248. The molecule has 0 heterocycles. The number of hydrogen-bond acceptors (Lipinski definition) is 7. The van der Waals surface area contributed by atoms with Gasteiger partial charge in [0.2, 0.25) is 0 Å². The van der Waals surface area contributed by atoms with E-state index in [4.69, 9.17) is 30.5 Å². The number of nitrogens with zero attached hydrogens (tertiary/aromatic N) is 1. The molecular formula is C27H25BrClN3O6. The SMILES string of the molecule is C=CCOc1ccc(C(=O)N/N=C/c2cc(Br)c(OCC(=O)Nc3ccc(Cl)cc3)c(OC)c2)cc1OC. The van der Waals surface area contributed by atoms with Crippen molar-refractivity contribution in [2.45, 2.75) is 0 Å². The van der Waals surface area contributed by atoms with E-state index in [9.17, 15) is 9.59 Å². The molecule has 0 atom stereocenters. The Bertz CT molecular complexity index is 1330. The van der Waals surface area contributed by atoms with Gasteiger partial charge in [0.05, 0.1) is 24.9 Å². The summed E-state index contributed by atoms with van der Waals surface area (Å²) in [6, 6.07) is 14.9. The van der Waals surface area contributed by atoms with E-state index in [2.05, 4.69) is 38.4 Å². The van der Waals surface area contributed by atoms with E-state index in [0.717, 1.165) is 0 Å². The van der Waals surface area contributed by atoms with Crippen molar-refractivity contribution in [2.24, 2.45) is 5.10 Å². The zero-order chi connectivity index (χ0) is 27.5. The Kier molecular flexibility index (Phi) is 10.6. The van der Waals surface area contributed by atoms with E-state index in [1.165, 1.54) is 20.4 Å². The molecule has 0 aliphatic rings. The van der Waals surface area contributed by atoms with E-state index in [1.54, 1.807) is 60.7 Å². The standard InChI is InChI=1S/C27H25BrClN3O6/c1-4-11-37-22-10-5-18(14-23(22)35-2)27(34)32-30-15-17-12-21(28)26(24(13-17)36-3)38-16-25(33)31-20-8-6-19(29)7-9-20/h4-10,12-15H,1,11,16H2,2-3H3,(H,31,33)(H,32,34)/b30-15+. The van der Waals surface area contributed by atoms with Crippen LogP contribution in [0.3, 0.4) is 0 Å². The lowest BCUT2D eigenvalue weighted by Crippen LogP contribution is -2.20. The van der Waals surface area contributed by atoms with Crippen molar-refractivity contribution in [1.82, 2.24) is 5.43 Å². The number of hydrazone groups is 1. The van der Waals surface area contributed by atoms with Gasteiger partial charge in [-0.15, -0.1) is 0 Å². The Balaban J connectivity index is 1.62. The average molecular weight is 603 g/mol. The van der Waals surface area contributed by atoms with Crippen molar-refractivity contribution in [3.05, 3.63) is 87.9 Å². The smallest absolute Gasteiger partial charge is 0.271 e. The summed E-state index contributed by atoms with van der Waals surface area (Å²) in [6.07, 6.45) is 3.06. The molecule has 0 aromatic heterocycles. The Morgan fingerprint density at radius 2 is 1.74 bits per heavy atom. The second kappa shape index (κ2) is 14.1. The van der Waals surface area contributed by atoms with Gasteiger partial charge in [0, 0.05) is 16.3 Å². The van der Waals surface area contributed by atoms with Crippen molar-refractivity contribution in [3.8, 4) is 23.0 Å². The van der Waals surface area contributed by atoms with Gasteiger partial charge in [-0.3, -0.25) is 9.59 Å². The minimum atomic E-state index is -0.437. The Labute approximate surface area is 233 Å². The van der Waals surface area contributed by atoms with Gasteiger partial charge in [0.1, 0.15) is 6.61 Å². The predicted octanol–water partition coefficient (Wildman–Crippen LogP) is 5.47. The van der Waals surface area contributed by atoms with Crippen molar-refractivity contribution in [2.75, 3.05) is 32.8 Å². The van der Waals surface area contributed by atoms with Crippen molar-refractivity contribution in [3.63, 3.8) is 0 Å². The van der Waals surface area contributed by atoms with Gasteiger partial charge in [0.15, 0.2) is 29.6 Å². The number of rotatable bonds is 12. The highest BCUT2D eigenvalue weighted by atomic mass is 79.9. The van der Waals surface area contributed by atoms with Gasteiger partial charge in [-0.05, 0) is 76.1 Å². The van der Waals surface area contributed by atoms with E-state index < -0.39 is 5.91 Å². The lowest BCUT2D eigenvalue weighted by Gasteiger charge is -2.13. The van der Waals surface area contributed by atoms with Crippen LogP contribution < -0.4 is 29.7 Å². The van der Waals surface area contributed by atoms with E-state index in [1.807, 2.05) is 0 Å². The molecule has 38 heavy (non-hydrogen) atoms. The van der Waals surface area contributed by atoms with Crippen LogP contribution in [-0.4, -0.2) is 45.5 Å². The molecule has 2 amide bonds. The van der Waals surface area contributed by atoms with Crippen LogP contribution in [0, 0.1) is 0 Å². The average Bonchev–Trinajstić information content (AvgIpc) is 2.92. The molecule has 11 heteroatoms. The summed E-state index contributed by atoms with van der Waals surface area (Å²) < 4.78 is 22.4. The molecule has 0 saturated carbocycles. The topological polar surface area (TPSA) is 107 Å². The second-order valence-corrected chi connectivity index (χ2v) is 8.83. The maximum Gasteiger partial charge on any atom is 0.271 e. The number of halogens is 2. The normalized spacial score (nSPS) is 10.5. The van der Waals surface area contributed by atoms with E-state index in [0.29, 0.717) is 55.9 Å². The van der Waals surface area contributed by atoms with Crippen molar-refractivity contribution < 1.29 is 28.5 Å². The lowest BCUT2D eigenvalue weighted by atomic mass is 10.2. The molecule has 0 spiro atoms. The van der Waals surface area contributed by atoms with Gasteiger partial charge < -0.3 is 24.3 Å². The van der Waals surface area contributed by atoms with E-state index >= 15 is 0 Å². The van der Waals surface area contributed by atoms with Crippen LogP contribution in [0.1, 0.15) is 15.9 Å². The molecule has 0 unspecified atom stereocenters. The fourth-order valence-electron chi connectivity index (χ4n) is 3.13. The van der Waals surface area contributed by atoms with Gasteiger partial charge in [-0.1, -0.05) is 24.3 Å². The second-order valence-electron chi connectivity index (χ2n) is 7.54. The first-order chi connectivity index (χ1) is 18.3. The third kappa shape index (κ3) is 7.99. The first-order valence-corrected chi connectivity index (χ1v) is 12.3. The molecule has 198 valence electrons. The molecule has 2 N–H and O–H groups in total. The largest absolute Gasteiger partial charge is 0.493 e. The first-order valence-electron chi connectivity index (χ1n) is 11.2. The molecule has 0 aliphatic carbocycles. The number of amides is 2. The third-order valence-electron chi connectivity index (χ3n) is 4.89. The minimum Gasteiger partial charge on any atom is -0.493 e. The van der Waals surface area contributed by atoms with Gasteiger partial charge in [-0.2, -0.15) is 5.10 Å². The highest BCUT2D eigenvalue weighted by Gasteiger charge is 2.14. The summed E-state index contributed by atoms with van der Waals surface area (Å²) in [5.41, 5.74) is 4.01. The van der Waals surface area contributed by atoms with Crippen LogP contribution in [-0.2, 0) is 4.79 Å². The zero-order valence-corrected chi connectivity index (χ0v) is 23.0. The first kappa shape index (κ1) is 28.5. The summed E-state index contributed by atoms with van der Waals surface area (Å²) in [4.78, 5) is 24.8. The van der Waals surface area contributed by atoms with Crippen LogP contribution in [0.25, 0.3) is 0 Å². The molecule has 0 aliphatic heterocycles. The maximum atomic E-state index is 12.5. The number of methoxy groups -OCH3 is 2. The summed E-state index contributed by atoms with van der Waals surface area (Å²) in [5, 5.41) is 7.31. The molecule has 9 nitrogen and oxygen atoms in total. The summed E-state index contributed by atoms with van der Waals surface area (Å²) in [5.74, 6) is 0.819. The fourth-order valence-corrected chi connectivity index (χ4v) is 3.83. The van der Waals surface area contributed by atoms with Crippen LogP contribution in [0.4, 0.5) is 5.69 Å². The number of benzene rings is 3. The summed E-state index contributed by atoms with van der Waals surface area (Å²) >= 11 is 9.29. The predicted molar refractivity (Wildman–Crippen MR) is 150 cm³/mol.